The van der Waals surface area contributed by atoms with E-state index >= 15 is 0 Å². The highest BCUT2D eigenvalue weighted by atomic mass is 32.2. The molecule has 0 amide bonds. The monoisotopic (exact) mass is 318 g/mol. The van der Waals surface area contributed by atoms with Crippen LogP contribution in [0.3, 0.4) is 0 Å². The summed E-state index contributed by atoms with van der Waals surface area (Å²) in [4.78, 5) is 19.7. The van der Waals surface area contributed by atoms with Crippen molar-refractivity contribution in [3.8, 4) is 0 Å². The Labute approximate surface area is 119 Å². The predicted octanol–water partition coefficient (Wildman–Crippen LogP) is 0.972. The maximum absolute atomic E-state index is 13.5. The van der Waals surface area contributed by atoms with Gasteiger partial charge in [-0.1, -0.05) is 6.07 Å². The van der Waals surface area contributed by atoms with Crippen LogP contribution in [0.4, 0.5) is 10.1 Å². The Morgan fingerprint density at radius 3 is 2.57 bits per heavy atom. The fraction of sp³-hybridized carbons (Fsp3) is 0.364. The SMILES string of the molecule is O=C(O)CN(C1CC1)S(=O)(=O)c1cccc(F)c1[N+](=O)[O-]. The van der Waals surface area contributed by atoms with Gasteiger partial charge >= 0.3 is 11.7 Å². The summed E-state index contributed by atoms with van der Waals surface area (Å²) in [5, 5.41) is 19.7. The van der Waals surface area contributed by atoms with E-state index in [1.807, 2.05) is 0 Å². The molecule has 0 heterocycles. The molecule has 1 fully saturated rings. The number of hydrogen-bond donors (Lipinski definition) is 1. The van der Waals surface area contributed by atoms with Crippen molar-refractivity contribution in [3.63, 3.8) is 0 Å². The van der Waals surface area contributed by atoms with Crippen LogP contribution in [0.2, 0.25) is 0 Å². The molecule has 0 bridgehead atoms. The zero-order valence-electron chi connectivity index (χ0n) is 10.6. The quantitative estimate of drug-likeness (QED) is 0.617. The summed E-state index contributed by atoms with van der Waals surface area (Å²) in [7, 11) is -4.46. The Bertz CT molecular complexity index is 701. The van der Waals surface area contributed by atoms with Gasteiger partial charge in [-0.05, 0) is 25.0 Å². The third-order valence-corrected chi connectivity index (χ3v) is 4.89. The van der Waals surface area contributed by atoms with Gasteiger partial charge in [-0.3, -0.25) is 14.9 Å². The second-order valence-electron chi connectivity index (χ2n) is 4.52. The standard InChI is InChI=1S/C11H11FN2O6S/c12-8-2-1-3-9(11(8)14(17)18)21(19,20)13(6-10(15)16)7-4-5-7/h1-3,7H,4-6H2,(H,15,16). The maximum atomic E-state index is 13.5. The Balaban J connectivity index is 2.55. The van der Waals surface area contributed by atoms with Gasteiger partial charge in [-0.25, -0.2) is 8.42 Å². The van der Waals surface area contributed by atoms with Gasteiger partial charge in [0.25, 0.3) is 10.0 Å². The summed E-state index contributed by atoms with van der Waals surface area (Å²) in [6.07, 6.45) is 0.936. The van der Waals surface area contributed by atoms with Gasteiger partial charge in [0.1, 0.15) is 6.54 Å². The number of carboxylic acid groups (broad SMARTS) is 1. The van der Waals surface area contributed by atoms with Gasteiger partial charge in [0.05, 0.1) is 4.92 Å². The molecule has 21 heavy (non-hydrogen) atoms. The third-order valence-electron chi connectivity index (χ3n) is 2.96. The van der Waals surface area contributed by atoms with Crippen molar-refractivity contribution in [2.24, 2.45) is 0 Å². The van der Waals surface area contributed by atoms with Crippen molar-refractivity contribution in [2.45, 2.75) is 23.8 Å². The lowest BCUT2D eigenvalue weighted by Crippen LogP contribution is -2.37. The van der Waals surface area contributed by atoms with Gasteiger partial charge in [-0.15, -0.1) is 0 Å². The average Bonchev–Trinajstić information content (AvgIpc) is 3.18. The van der Waals surface area contributed by atoms with Crippen molar-refractivity contribution < 1.29 is 27.6 Å². The van der Waals surface area contributed by atoms with Crippen molar-refractivity contribution in [3.05, 3.63) is 34.1 Å². The topological polar surface area (TPSA) is 118 Å². The highest BCUT2D eigenvalue weighted by molar-refractivity contribution is 7.89. The molecule has 1 N–H and O–H groups in total. The molecule has 1 aromatic carbocycles. The summed E-state index contributed by atoms with van der Waals surface area (Å²) >= 11 is 0. The first-order chi connectivity index (χ1) is 9.75. The number of aliphatic carboxylic acids is 1. The molecule has 114 valence electrons. The molecule has 0 aliphatic heterocycles. The lowest BCUT2D eigenvalue weighted by atomic mass is 10.3. The largest absolute Gasteiger partial charge is 0.480 e. The summed E-state index contributed by atoms with van der Waals surface area (Å²) < 4.78 is 39.0. The van der Waals surface area contributed by atoms with E-state index in [4.69, 9.17) is 5.11 Å². The Morgan fingerprint density at radius 2 is 2.10 bits per heavy atom. The normalized spacial score (nSPS) is 15.1. The molecule has 1 aromatic rings. The predicted molar refractivity (Wildman–Crippen MR) is 67.6 cm³/mol. The number of carboxylic acids is 1. The first kappa shape index (κ1) is 15.3. The minimum atomic E-state index is -4.46. The van der Waals surface area contributed by atoms with Crippen molar-refractivity contribution in [1.82, 2.24) is 4.31 Å². The number of halogens is 1. The average molecular weight is 318 g/mol. The molecule has 1 saturated carbocycles. The van der Waals surface area contributed by atoms with E-state index in [1.165, 1.54) is 0 Å². The van der Waals surface area contributed by atoms with Crippen LogP contribution in [0.1, 0.15) is 12.8 Å². The minimum Gasteiger partial charge on any atom is -0.480 e. The number of rotatable bonds is 6. The summed E-state index contributed by atoms with van der Waals surface area (Å²) in [5.74, 6) is -2.67. The Morgan fingerprint density at radius 1 is 1.48 bits per heavy atom. The fourth-order valence-corrected chi connectivity index (χ4v) is 3.72. The Hall–Kier alpha value is -2.07. The molecule has 2 rings (SSSR count). The molecule has 8 nitrogen and oxygen atoms in total. The highest BCUT2D eigenvalue weighted by Crippen LogP contribution is 2.35. The van der Waals surface area contributed by atoms with E-state index in [2.05, 4.69) is 0 Å². The van der Waals surface area contributed by atoms with E-state index < -0.39 is 49.9 Å². The summed E-state index contributed by atoms with van der Waals surface area (Å²) in [5.41, 5.74) is -1.17. The first-order valence-electron chi connectivity index (χ1n) is 5.91. The number of sulfonamides is 1. The molecule has 0 aromatic heterocycles. The van der Waals surface area contributed by atoms with E-state index in [1.54, 1.807) is 0 Å². The molecular formula is C11H11FN2O6S. The van der Waals surface area contributed by atoms with Gasteiger partial charge in [-0.2, -0.15) is 8.70 Å². The molecular weight excluding hydrogens is 307 g/mol. The van der Waals surface area contributed by atoms with Crippen LogP contribution >= 0.6 is 0 Å². The lowest BCUT2D eigenvalue weighted by Gasteiger charge is -2.19. The molecule has 0 saturated heterocycles. The number of nitro benzene ring substituents is 1. The number of nitrogens with zero attached hydrogens (tertiary/aromatic N) is 2. The summed E-state index contributed by atoms with van der Waals surface area (Å²) in [6.45, 7) is -0.819. The van der Waals surface area contributed by atoms with Gasteiger partial charge < -0.3 is 5.11 Å². The van der Waals surface area contributed by atoms with E-state index in [-0.39, 0.29) is 0 Å². The second-order valence-corrected chi connectivity index (χ2v) is 6.38. The van der Waals surface area contributed by atoms with E-state index in [0.29, 0.717) is 17.1 Å². The Kier molecular flexibility index (Phi) is 3.92. The molecule has 0 radical (unpaired) electrons. The molecule has 10 heteroatoms. The molecule has 0 atom stereocenters. The van der Waals surface area contributed by atoms with Crippen LogP contribution in [-0.4, -0.2) is 41.3 Å². The van der Waals surface area contributed by atoms with Gasteiger partial charge in [0.15, 0.2) is 4.90 Å². The molecule has 0 spiro atoms. The minimum absolute atomic E-state index is 0.468. The smallest absolute Gasteiger partial charge is 0.324 e. The summed E-state index contributed by atoms with van der Waals surface area (Å²) in [6, 6.07) is 2.18. The first-order valence-corrected chi connectivity index (χ1v) is 7.35. The highest BCUT2D eigenvalue weighted by Gasteiger charge is 2.42. The number of carbonyl (C=O) groups is 1. The maximum Gasteiger partial charge on any atom is 0.324 e. The van der Waals surface area contributed by atoms with Gasteiger partial charge in [0, 0.05) is 6.04 Å². The van der Waals surface area contributed by atoms with Crippen LogP contribution in [0.5, 0.6) is 0 Å². The van der Waals surface area contributed by atoms with Crippen LogP contribution in [0.25, 0.3) is 0 Å². The van der Waals surface area contributed by atoms with Crippen molar-refractivity contribution in [1.29, 1.82) is 0 Å². The molecule has 1 aliphatic rings. The van der Waals surface area contributed by atoms with E-state index in [0.717, 1.165) is 18.2 Å². The van der Waals surface area contributed by atoms with Crippen molar-refractivity contribution >= 4 is 21.7 Å². The van der Waals surface area contributed by atoms with Crippen LogP contribution < -0.4 is 0 Å². The number of nitro groups is 1. The zero-order valence-corrected chi connectivity index (χ0v) is 11.4. The molecule has 0 unspecified atom stereocenters. The van der Waals surface area contributed by atoms with E-state index in [9.17, 15) is 27.7 Å². The lowest BCUT2D eigenvalue weighted by molar-refractivity contribution is -0.390. The van der Waals surface area contributed by atoms with Gasteiger partial charge in [0.2, 0.25) is 5.82 Å². The fourth-order valence-electron chi connectivity index (χ4n) is 1.91. The van der Waals surface area contributed by atoms with Crippen LogP contribution in [0, 0.1) is 15.9 Å². The zero-order chi connectivity index (χ0) is 15.8. The third kappa shape index (κ3) is 3.00. The number of para-hydroxylation sites is 1. The van der Waals surface area contributed by atoms with Crippen LogP contribution in [-0.2, 0) is 14.8 Å². The van der Waals surface area contributed by atoms with Crippen molar-refractivity contribution in [2.75, 3.05) is 6.54 Å². The number of hydrogen-bond acceptors (Lipinski definition) is 5. The van der Waals surface area contributed by atoms with Crippen LogP contribution in [0.15, 0.2) is 23.1 Å². The number of benzene rings is 1. The second kappa shape index (κ2) is 5.37. The molecule has 1 aliphatic carbocycles.